The molecule has 64 valence electrons. The molecule has 0 aromatic rings. The first-order valence-electron chi connectivity index (χ1n) is 3.27. The zero-order valence-electron chi connectivity index (χ0n) is 6.04. The van der Waals surface area contributed by atoms with Gasteiger partial charge in [0.2, 0.25) is 6.04 Å². The Labute approximate surface area is 67.5 Å². The average Bonchev–Trinajstić information content (AvgIpc) is 2.04. The number of hydrogen-bond donors (Lipinski definition) is 0. The molecular formula is C6H6N2O4. The normalized spacial score (nSPS) is 21.7. The predicted octanol–water partition coefficient (Wildman–Crippen LogP) is 0.752. The molecule has 1 aliphatic carbocycles. The summed E-state index contributed by atoms with van der Waals surface area (Å²) in [5.41, 5.74) is -0.0758. The Morgan fingerprint density at radius 1 is 1.42 bits per heavy atom. The Morgan fingerprint density at radius 2 is 2.08 bits per heavy atom. The van der Waals surface area contributed by atoms with Crippen molar-refractivity contribution in [3.8, 4) is 0 Å². The molecule has 0 saturated carbocycles. The largest absolute Gasteiger partial charge is 0.265 e. The maximum atomic E-state index is 10.2. The van der Waals surface area contributed by atoms with E-state index in [9.17, 15) is 20.2 Å². The Kier molecular flexibility index (Phi) is 2.18. The minimum Gasteiger partial charge on any atom is -0.264 e. The topological polar surface area (TPSA) is 86.3 Å². The maximum absolute atomic E-state index is 10.2. The van der Waals surface area contributed by atoms with Gasteiger partial charge in [-0.25, -0.2) is 0 Å². The van der Waals surface area contributed by atoms with E-state index in [0.717, 1.165) is 6.08 Å². The Balaban J connectivity index is 2.68. The van der Waals surface area contributed by atoms with Crippen LogP contribution in [0.2, 0.25) is 0 Å². The molecule has 0 aliphatic heterocycles. The first-order chi connectivity index (χ1) is 5.61. The molecule has 0 aromatic heterocycles. The summed E-state index contributed by atoms with van der Waals surface area (Å²) >= 11 is 0. The Hall–Kier alpha value is -1.72. The molecule has 0 N–H and O–H groups in total. The van der Waals surface area contributed by atoms with Crippen LogP contribution in [-0.2, 0) is 0 Å². The molecule has 0 spiro atoms. The molecule has 1 atom stereocenters. The lowest BCUT2D eigenvalue weighted by Gasteiger charge is -2.04. The first kappa shape index (κ1) is 8.38. The van der Waals surface area contributed by atoms with E-state index in [0.29, 0.717) is 0 Å². The van der Waals surface area contributed by atoms with Crippen molar-refractivity contribution < 1.29 is 9.85 Å². The summed E-state index contributed by atoms with van der Waals surface area (Å²) in [6.45, 7) is 0. The van der Waals surface area contributed by atoms with Crippen molar-refractivity contribution in [2.24, 2.45) is 0 Å². The van der Waals surface area contributed by atoms with Gasteiger partial charge in [0, 0.05) is 23.5 Å². The quantitative estimate of drug-likeness (QED) is 0.452. The van der Waals surface area contributed by atoms with E-state index in [4.69, 9.17) is 0 Å². The van der Waals surface area contributed by atoms with Crippen molar-refractivity contribution in [2.75, 3.05) is 0 Å². The van der Waals surface area contributed by atoms with E-state index in [1.807, 2.05) is 0 Å². The van der Waals surface area contributed by atoms with Crippen LogP contribution in [0.25, 0.3) is 0 Å². The molecule has 0 fully saturated rings. The maximum Gasteiger partial charge on any atom is 0.265 e. The second-order valence-electron chi connectivity index (χ2n) is 2.33. The zero-order valence-corrected chi connectivity index (χ0v) is 6.04. The van der Waals surface area contributed by atoms with Gasteiger partial charge >= 0.3 is 0 Å². The van der Waals surface area contributed by atoms with Crippen LogP contribution in [0.3, 0.4) is 0 Å². The fourth-order valence-electron chi connectivity index (χ4n) is 0.889. The van der Waals surface area contributed by atoms with Crippen LogP contribution in [-0.4, -0.2) is 15.9 Å². The molecule has 0 saturated heterocycles. The number of nitro groups is 2. The summed E-state index contributed by atoms with van der Waals surface area (Å²) in [5.74, 6) is 0. The average molecular weight is 170 g/mol. The van der Waals surface area contributed by atoms with Crippen molar-refractivity contribution in [2.45, 2.75) is 12.5 Å². The molecule has 6 heteroatoms. The smallest absolute Gasteiger partial charge is 0.264 e. The Morgan fingerprint density at radius 3 is 2.42 bits per heavy atom. The molecule has 0 amide bonds. The summed E-state index contributed by atoms with van der Waals surface area (Å²) in [4.78, 5) is 19.3. The number of hydrogen-bond acceptors (Lipinski definition) is 4. The van der Waals surface area contributed by atoms with Gasteiger partial charge in [-0.3, -0.25) is 20.2 Å². The second kappa shape index (κ2) is 3.12. The molecule has 1 aliphatic rings. The van der Waals surface area contributed by atoms with Crippen LogP contribution in [0.5, 0.6) is 0 Å². The number of allylic oxidation sites excluding steroid dienone is 1. The SMILES string of the molecule is O=[N+]([O-])C1=CCC([N+](=O)[O-])C=C1. The highest BCUT2D eigenvalue weighted by molar-refractivity contribution is 5.17. The summed E-state index contributed by atoms with van der Waals surface area (Å²) in [7, 11) is 0. The fraction of sp³-hybridized carbons (Fsp3) is 0.333. The Bertz CT molecular complexity index is 281. The van der Waals surface area contributed by atoms with Gasteiger partial charge in [-0.15, -0.1) is 0 Å². The fourth-order valence-corrected chi connectivity index (χ4v) is 0.889. The van der Waals surface area contributed by atoms with E-state index < -0.39 is 15.9 Å². The van der Waals surface area contributed by atoms with Gasteiger partial charge in [-0.1, -0.05) is 0 Å². The minimum atomic E-state index is -0.811. The standard InChI is InChI=1S/C6H6N2O4/c9-7(10)5-1-2-6(4-3-5)8(11)12/h1-3,6H,4H2. The molecular weight excluding hydrogens is 164 g/mol. The zero-order chi connectivity index (χ0) is 9.14. The number of nitrogens with zero attached hydrogens (tertiary/aromatic N) is 2. The molecule has 6 nitrogen and oxygen atoms in total. The van der Waals surface area contributed by atoms with Gasteiger partial charge < -0.3 is 0 Å². The summed E-state index contributed by atoms with van der Waals surface area (Å²) in [6, 6.07) is -0.811. The lowest BCUT2D eigenvalue weighted by atomic mass is 10.1. The monoisotopic (exact) mass is 170 g/mol. The summed E-state index contributed by atoms with van der Waals surface area (Å²) in [6.07, 6.45) is 3.75. The highest BCUT2D eigenvalue weighted by atomic mass is 16.6. The van der Waals surface area contributed by atoms with Crippen molar-refractivity contribution in [3.05, 3.63) is 44.2 Å². The van der Waals surface area contributed by atoms with Crippen LogP contribution in [0.1, 0.15) is 6.42 Å². The van der Waals surface area contributed by atoms with Crippen LogP contribution in [0, 0.1) is 20.2 Å². The van der Waals surface area contributed by atoms with Crippen LogP contribution in [0.15, 0.2) is 23.9 Å². The summed E-state index contributed by atoms with van der Waals surface area (Å²) < 4.78 is 0. The highest BCUT2D eigenvalue weighted by Gasteiger charge is 2.21. The van der Waals surface area contributed by atoms with Crippen molar-refractivity contribution >= 4 is 0 Å². The third-order valence-corrected chi connectivity index (χ3v) is 1.54. The highest BCUT2D eigenvalue weighted by Crippen LogP contribution is 2.12. The van der Waals surface area contributed by atoms with Crippen LogP contribution in [0.4, 0.5) is 0 Å². The lowest BCUT2D eigenvalue weighted by molar-refractivity contribution is -0.509. The third-order valence-electron chi connectivity index (χ3n) is 1.54. The summed E-state index contributed by atoms with van der Waals surface area (Å²) in [5, 5.41) is 20.3. The number of rotatable bonds is 2. The van der Waals surface area contributed by atoms with Gasteiger partial charge in [0.1, 0.15) is 0 Å². The van der Waals surface area contributed by atoms with E-state index in [1.54, 1.807) is 0 Å². The van der Waals surface area contributed by atoms with Crippen LogP contribution < -0.4 is 0 Å². The predicted molar refractivity (Wildman–Crippen MR) is 39.6 cm³/mol. The van der Waals surface area contributed by atoms with Crippen molar-refractivity contribution in [3.63, 3.8) is 0 Å². The lowest BCUT2D eigenvalue weighted by Crippen LogP contribution is -2.18. The van der Waals surface area contributed by atoms with E-state index in [1.165, 1.54) is 12.2 Å². The van der Waals surface area contributed by atoms with Crippen molar-refractivity contribution in [1.29, 1.82) is 0 Å². The molecule has 0 bridgehead atoms. The minimum absolute atomic E-state index is 0.0758. The first-order valence-corrected chi connectivity index (χ1v) is 3.27. The van der Waals surface area contributed by atoms with Gasteiger partial charge in [0.15, 0.2) is 0 Å². The van der Waals surface area contributed by atoms with E-state index >= 15 is 0 Å². The van der Waals surface area contributed by atoms with Crippen LogP contribution >= 0.6 is 0 Å². The molecule has 1 rings (SSSR count). The van der Waals surface area contributed by atoms with Crippen molar-refractivity contribution in [1.82, 2.24) is 0 Å². The third kappa shape index (κ3) is 1.66. The molecule has 0 heterocycles. The molecule has 1 unspecified atom stereocenters. The van der Waals surface area contributed by atoms with E-state index in [2.05, 4.69) is 0 Å². The molecule has 12 heavy (non-hydrogen) atoms. The van der Waals surface area contributed by atoms with Gasteiger partial charge in [-0.2, -0.15) is 0 Å². The van der Waals surface area contributed by atoms with E-state index in [-0.39, 0.29) is 12.1 Å². The molecule has 0 aromatic carbocycles. The van der Waals surface area contributed by atoms with Gasteiger partial charge in [0.25, 0.3) is 5.70 Å². The molecule has 0 radical (unpaired) electrons. The van der Waals surface area contributed by atoms with Gasteiger partial charge in [-0.05, 0) is 6.08 Å². The van der Waals surface area contributed by atoms with Gasteiger partial charge in [0.05, 0.1) is 4.92 Å². The second-order valence-corrected chi connectivity index (χ2v) is 2.33.